The second-order valence-electron chi connectivity index (χ2n) is 2.67. The van der Waals surface area contributed by atoms with Crippen molar-refractivity contribution in [3.05, 3.63) is 0 Å². The predicted octanol–water partition coefficient (Wildman–Crippen LogP) is -0.383. The first kappa shape index (κ1) is 13.4. The molecule has 0 aromatic rings. The molecule has 86 valence electrons. The number of nitrogens with one attached hydrogen (secondary N) is 1. The van der Waals surface area contributed by atoms with E-state index in [-0.39, 0.29) is 13.2 Å². The summed E-state index contributed by atoms with van der Waals surface area (Å²) in [4.78, 5) is 33.0. The van der Waals surface area contributed by atoms with Crippen LogP contribution in [0.5, 0.6) is 0 Å². The van der Waals surface area contributed by atoms with Crippen LogP contribution in [-0.4, -0.2) is 37.1 Å². The molecule has 1 amide bonds. The summed E-state index contributed by atoms with van der Waals surface area (Å²) >= 11 is 0. The van der Waals surface area contributed by atoms with Crippen molar-refractivity contribution in [2.24, 2.45) is 0 Å². The third kappa shape index (κ3) is 4.99. The van der Waals surface area contributed by atoms with Crippen LogP contribution in [0.2, 0.25) is 0 Å². The van der Waals surface area contributed by atoms with E-state index in [1.165, 1.54) is 6.92 Å². The second-order valence-corrected chi connectivity index (χ2v) is 2.67. The van der Waals surface area contributed by atoms with Gasteiger partial charge in [0.15, 0.2) is 0 Å². The van der Waals surface area contributed by atoms with Crippen molar-refractivity contribution in [2.75, 3.05) is 13.2 Å². The topological polar surface area (TPSA) is 81.7 Å². The summed E-state index contributed by atoms with van der Waals surface area (Å²) in [6, 6.07) is -0.859. The first-order valence-electron chi connectivity index (χ1n) is 4.67. The van der Waals surface area contributed by atoms with Crippen LogP contribution in [0.15, 0.2) is 0 Å². The summed E-state index contributed by atoms with van der Waals surface area (Å²) in [6.07, 6.45) is 0. The molecule has 0 aliphatic rings. The van der Waals surface area contributed by atoms with Gasteiger partial charge in [-0.3, -0.25) is 4.79 Å². The Balaban J connectivity index is 4.06. The summed E-state index contributed by atoms with van der Waals surface area (Å²) in [6.45, 7) is 4.99. The fourth-order valence-corrected chi connectivity index (χ4v) is 0.778. The number of esters is 2. The van der Waals surface area contributed by atoms with Crippen molar-refractivity contribution >= 4 is 17.8 Å². The van der Waals surface area contributed by atoms with E-state index < -0.39 is 23.9 Å². The molecule has 0 radical (unpaired) electrons. The number of ether oxygens (including phenoxy) is 2. The Kier molecular flexibility index (Phi) is 6.08. The van der Waals surface area contributed by atoms with Crippen LogP contribution in [-0.2, 0) is 23.9 Å². The first-order valence-corrected chi connectivity index (χ1v) is 4.67. The third-order valence-electron chi connectivity index (χ3n) is 1.45. The molecule has 0 saturated carbocycles. The molecule has 0 aliphatic carbocycles. The van der Waals surface area contributed by atoms with Gasteiger partial charge in [-0.1, -0.05) is 0 Å². The van der Waals surface area contributed by atoms with E-state index in [1.807, 2.05) is 0 Å². The Morgan fingerprint density at radius 3 is 2.13 bits per heavy atom. The van der Waals surface area contributed by atoms with Gasteiger partial charge in [0, 0.05) is 0 Å². The molecule has 0 aliphatic heterocycles. The zero-order chi connectivity index (χ0) is 11.8. The van der Waals surface area contributed by atoms with Crippen LogP contribution >= 0.6 is 0 Å². The normalized spacial score (nSPS) is 11.4. The molecule has 6 nitrogen and oxygen atoms in total. The zero-order valence-electron chi connectivity index (χ0n) is 9.03. The van der Waals surface area contributed by atoms with Crippen LogP contribution in [0, 0.1) is 0 Å². The number of rotatable bonds is 4. The number of carbonyl (C=O) groups is 3. The van der Waals surface area contributed by atoms with Gasteiger partial charge < -0.3 is 14.8 Å². The minimum absolute atomic E-state index is 0.111. The van der Waals surface area contributed by atoms with Gasteiger partial charge in [0.1, 0.15) is 6.04 Å². The number of hydrogen-bond acceptors (Lipinski definition) is 5. The van der Waals surface area contributed by atoms with E-state index in [4.69, 9.17) is 0 Å². The van der Waals surface area contributed by atoms with Crippen LogP contribution in [0.4, 0.5) is 0 Å². The van der Waals surface area contributed by atoms with Crippen molar-refractivity contribution in [1.29, 1.82) is 0 Å². The highest BCUT2D eigenvalue weighted by Gasteiger charge is 2.21. The fraction of sp³-hybridized carbons (Fsp3) is 0.667. The second kappa shape index (κ2) is 6.80. The van der Waals surface area contributed by atoms with Crippen molar-refractivity contribution in [2.45, 2.75) is 26.8 Å². The van der Waals surface area contributed by atoms with Crippen LogP contribution in [0.1, 0.15) is 20.8 Å². The van der Waals surface area contributed by atoms with Gasteiger partial charge >= 0.3 is 17.8 Å². The molecule has 1 atom stereocenters. The summed E-state index contributed by atoms with van der Waals surface area (Å²) in [7, 11) is 0. The van der Waals surface area contributed by atoms with Crippen LogP contribution in [0.25, 0.3) is 0 Å². The number of carbonyl (C=O) groups excluding carboxylic acids is 3. The summed E-state index contributed by atoms with van der Waals surface area (Å²) in [5.41, 5.74) is 0. The Hall–Kier alpha value is -1.59. The quantitative estimate of drug-likeness (QED) is 0.512. The summed E-state index contributed by atoms with van der Waals surface area (Å²) in [5, 5.41) is 2.16. The Bertz CT molecular complexity index is 251. The van der Waals surface area contributed by atoms with Gasteiger partial charge in [0.05, 0.1) is 13.2 Å². The smallest absolute Gasteiger partial charge is 0.396 e. The molecule has 0 rings (SSSR count). The van der Waals surface area contributed by atoms with Crippen molar-refractivity contribution in [1.82, 2.24) is 5.32 Å². The van der Waals surface area contributed by atoms with E-state index in [2.05, 4.69) is 14.8 Å². The highest BCUT2D eigenvalue weighted by Crippen LogP contribution is 1.89. The zero-order valence-corrected chi connectivity index (χ0v) is 9.03. The van der Waals surface area contributed by atoms with Gasteiger partial charge in [-0.15, -0.1) is 0 Å². The molecule has 0 spiro atoms. The SMILES string of the molecule is CCOC(=O)C(=O)N[C@@H](C)C(=O)OCC. The summed E-state index contributed by atoms with van der Waals surface area (Å²) in [5.74, 6) is -2.54. The Morgan fingerprint density at radius 1 is 1.13 bits per heavy atom. The van der Waals surface area contributed by atoms with Crippen LogP contribution in [0.3, 0.4) is 0 Å². The molecular weight excluding hydrogens is 202 g/mol. The maximum atomic E-state index is 11.1. The maximum Gasteiger partial charge on any atom is 0.396 e. The Labute approximate surface area is 87.9 Å². The minimum atomic E-state index is -1.01. The molecule has 0 aromatic heterocycles. The molecule has 0 unspecified atom stereocenters. The minimum Gasteiger partial charge on any atom is -0.464 e. The largest absolute Gasteiger partial charge is 0.464 e. The average molecular weight is 217 g/mol. The van der Waals surface area contributed by atoms with Gasteiger partial charge in [0.25, 0.3) is 0 Å². The lowest BCUT2D eigenvalue weighted by Gasteiger charge is -2.11. The molecule has 6 heteroatoms. The van der Waals surface area contributed by atoms with Gasteiger partial charge in [0.2, 0.25) is 0 Å². The van der Waals surface area contributed by atoms with Gasteiger partial charge in [-0.2, -0.15) is 0 Å². The lowest BCUT2D eigenvalue weighted by molar-refractivity contribution is -0.156. The van der Waals surface area contributed by atoms with Gasteiger partial charge in [-0.05, 0) is 20.8 Å². The van der Waals surface area contributed by atoms with Crippen LogP contribution < -0.4 is 5.32 Å². The fourth-order valence-electron chi connectivity index (χ4n) is 0.778. The van der Waals surface area contributed by atoms with E-state index in [0.717, 1.165) is 0 Å². The Morgan fingerprint density at radius 2 is 1.67 bits per heavy atom. The molecule has 0 bridgehead atoms. The highest BCUT2D eigenvalue weighted by atomic mass is 16.5. The van der Waals surface area contributed by atoms with Crippen molar-refractivity contribution in [3.8, 4) is 0 Å². The van der Waals surface area contributed by atoms with Crippen molar-refractivity contribution < 1.29 is 23.9 Å². The standard InChI is InChI=1S/C9H15NO5/c1-4-14-8(12)6(3)10-7(11)9(13)15-5-2/h6H,4-5H2,1-3H3,(H,10,11)/t6-/m0/s1. The number of amides is 1. The molecular formula is C9H15NO5. The third-order valence-corrected chi connectivity index (χ3v) is 1.45. The lowest BCUT2D eigenvalue weighted by atomic mass is 10.3. The highest BCUT2D eigenvalue weighted by molar-refractivity contribution is 6.32. The van der Waals surface area contributed by atoms with E-state index in [0.29, 0.717) is 0 Å². The maximum absolute atomic E-state index is 11.1. The summed E-state index contributed by atoms with van der Waals surface area (Å²) < 4.78 is 9.08. The molecule has 15 heavy (non-hydrogen) atoms. The van der Waals surface area contributed by atoms with E-state index in [1.54, 1.807) is 13.8 Å². The molecule has 1 N–H and O–H groups in total. The predicted molar refractivity (Wildman–Crippen MR) is 50.9 cm³/mol. The molecule has 0 fully saturated rings. The van der Waals surface area contributed by atoms with E-state index in [9.17, 15) is 14.4 Å². The number of hydrogen-bond donors (Lipinski definition) is 1. The van der Waals surface area contributed by atoms with E-state index >= 15 is 0 Å². The molecule has 0 saturated heterocycles. The van der Waals surface area contributed by atoms with Crippen molar-refractivity contribution in [3.63, 3.8) is 0 Å². The lowest BCUT2D eigenvalue weighted by Crippen LogP contribution is -2.43. The molecule has 0 heterocycles. The monoisotopic (exact) mass is 217 g/mol. The average Bonchev–Trinajstić information content (AvgIpc) is 2.18. The molecule has 0 aromatic carbocycles. The van der Waals surface area contributed by atoms with Gasteiger partial charge in [-0.25, -0.2) is 9.59 Å². The first-order chi connectivity index (χ1) is 7.02.